The Bertz CT molecular complexity index is 459. The van der Waals surface area contributed by atoms with Gasteiger partial charge in [-0.3, -0.25) is 4.79 Å². The van der Waals surface area contributed by atoms with Crippen LogP contribution in [0.2, 0.25) is 0 Å². The zero-order chi connectivity index (χ0) is 15.8. The molecule has 4 N–H and O–H groups in total. The molecule has 1 unspecified atom stereocenters. The van der Waals surface area contributed by atoms with Gasteiger partial charge in [0.25, 0.3) is 5.91 Å². The first-order chi connectivity index (χ1) is 10.0. The molecule has 0 aliphatic carbocycles. The molecule has 1 atom stereocenters. The Kier molecular flexibility index (Phi) is 7.02. The Morgan fingerprint density at radius 1 is 1.33 bits per heavy atom. The van der Waals surface area contributed by atoms with Crippen LogP contribution in [-0.2, 0) is 0 Å². The van der Waals surface area contributed by atoms with Gasteiger partial charge in [-0.1, -0.05) is 32.8 Å². The van der Waals surface area contributed by atoms with E-state index >= 15 is 0 Å². The third kappa shape index (κ3) is 4.63. The molecule has 0 saturated heterocycles. The second-order valence-corrected chi connectivity index (χ2v) is 5.01. The van der Waals surface area contributed by atoms with Crippen molar-refractivity contribution in [1.82, 2.24) is 5.32 Å². The molecule has 0 heterocycles. The minimum atomic E-state index is -0.551. The number of nitrogen functional groups attached to an aromatic ring is 1. The standard InChI is InChI=1S/C16H26N2O3/c1-4-11(5-2)13(19)10-18-16(20)15-12(17)8-7-9-14(15)21-6-3/h7-9,11,13,19H,4-6,10,17H2,1-3H3,(H,18,20). The molecule has 1 amide bonds. The van der Waals surface area contributed by atoms with Gasteiger partial charge in [0.2, 0.25) is 0 Å². The first-order valence-electron chi connectivity index (χ1n) is 7.52. The number of amides is 1. The van der Waals surface area contributed by atoms with E-state index in [1.165, 1.54) is 0 Å². The number of carbonyl (C=O) groups excluding carboxylic acids is 1. The van der Waals surface area contributed by atoms with Gasteiger partial charge in [-0.2, -0.15) is 0 Å². The second kappa shape index (κ2) is 8.52. The van der Waals surface area contributed by atoms with Gasteiger partial charge in [-0.05, 0) is 25.0 Å². The zero-order valence-electron chi connectivity index (χ0n) is 13.1. The zero-order valence-corrected chi connectivity index (χ0v) is 13.1. The van der Waals surface area contributed by atoms with Crippen LogP contribution in [0.3, 0.4) is 0 Å². The van der Waals surface area contributed by atoms with Crippen molar-refractivity contribution in [3.63, 3.8) is 0 Å². The van der Waals surface area contributed by atoms with E-state index < -0.39 is 6.10 Å². The van der Waals surface area contributed by atoms with Gasteiger partial charge < -0.3 is 20.9 Å². The molecule has 0 aliphatic heterocycles. The number of nitrogens with one attached hydrogen (secondary N) is 1. The predicted octanol–water partition coefficient (Wildman–Crippen LogP) is 2.19. The topological polar surface area (TPSA) is 84.6 Å². The number of nitrogens with two attached hydrogens (primary N) is 1. The molecule has 0 saturated carbocycles. The maximum atomic E-state index is 12.3. The highest BCUT2D eigenvalue weighted by Crippen LogP contribution is 2.24. The Morgan fingerprint density at radius 3 is 2.57 bits per heavy atom. The molecule has 0 bridgehead atoms. The Morgan fingerprint density at radius 2 is 2.00 bits per heavy atom. The monoisotopic (exact) mass is 294 g/mol. The lowest BCUT2D eigenvalue weighted by Crippen LogP contribution is -2.36. The third-order valence-electron chi connectivity index (χ3n) is 3.65. The molecular formula is C16H26N2O3. The van der Waals surface area contributed by atoms with Crippen molar-refractivity contribution in [1.29, 1.82) is 0 Å². The van der Waals surface area contributed by atoms with Crippen LogP contribution in [0.4, 0.5) is 5.69 Å². The third-order valence-corrected chi connectivity index (χ3v) is 3.65. The molecule has 1 rings (SSSR count). The summed E-state index contributed by atoms with van der Waals surface area (Å²) in [6.07, 6.45) is 1.21. The average Bonchev–Trinajstić information content (AvgIpc) is 2.46. The average molecular weight is 294 g/mol. The Labute approximate surface area is 126 Å². The lowest BCUT2D eigenvalue weighted by molar-refractivity contribution is 0.0814. The maximum Gasteiger partial charge on any atom is 0.257 e. The van der Waals surface area contributed by atoms with Crippen molar-refractivity contribution in [2.24, 2.45) is 5.92 Å². The van der Waals surface area contributed by atoms with Crippen LogP contribution in [-0.4, -0.2) is 30.3 Å². The molecular weight excluding hydrogens is 268 g/mol. The Hall–Kier alpha value is -1.75. The number of ether oxygens (including phenoxy) is 1. The highest BCUT2D eigenvalue weighted by Gasteiger charge is 2.19. The summed E-state index contributed by atoms with van der Waals surface area (Å²) >= 11 is 0. The summed E-state index contributed by atoms with van der Waals surface area (Å²) in [6.45, 7) is 6.58. The SMILES string of the molecule is CCOc1cccc(N)c1C(=O)NCC(O)C(CC)CC. The summed E-state index contributed by atoms with van der Waals surface area (Å²) in [6, 6.07) is 5.12. The van der Waals surface area contributed by atoms with E-state index in [0.717, 1.165) is 12.8 Å². The molecule has 1 aromatic rings. The first-order valence-corrected chi connectivity index (χ1v) is 7.52. The van der Waals surface area contributed by atoms with Crippen LogP contribution in [0.25, 0.3) is 0 Å². The van der Waals surface area contributed by atoms with E-state index in [-0.39, 0.29) is 18.4 Å². The number of hydrogen-bond acceptors (Lipinski definition) is 4. The van der Waals surface area contributed by atoms with Gasteiger partial charge in [0.05, 0.1) is 12.7 Å². The first kappa shape index (κ1) is 17.3. The normalized spacial score (nSPS) is 12.2. The van der Waals surface area contributed by atoms with Gasteiger partial charge >= 0.3 is 0 Å². The second-order valence-electron chi connectivity index (χ2n) is 5.01. The number of benzene rings is 1. The van der Waals surface area contributed by atoms with E-state index in [9.17, 15) is 9.90 Å². The molecule has 0 spiro atoms. The van der Waals surface area contributed by atoms with Gasteiger partial charge in [-0.15, -0.1) is 0 Å². The fourth-order valence-corrected chi connectivity index (χ4v) is 2.35. The van der Waals surface area contributed by atoms with Crippen molar-refractivity contribution >= 4 is 11.6 Å². The quantitative estimate of drug-likeness (QED) is 0.642. The molecule has 0 aliphatic rings. The molecule has 0 aromatic heterocycles. The van der Waals surface area contributed by atoms with Gasteiger partial charge in [-0.25, -0.2) is 0 Å². The summed E-state index contributed by atoms with van der Waals surface area (Å²) in [7, 11) is 0. The highest BCUT2D eigenvalue weighted by atomic mass is 16.5. The maximum absolute atomic E-state index is 12.3. The molecule has 1 aromatic carbocycles. The number of hydrogen-bond donors (Lipinski definition) is 3. The van der Waals surface area contributed by atoms with E-state index in [2.05, 4.69) is 5.32 Å². The number of carbonyl (C=O) groups is 1. The van der Waals surface area contributed by atoms with Crippen molar-refractivity contribution < 1.29 is 14.6 Å². The largest absolute Gasteiger partial charge is 0.493 e. The molecule has 5 nitrogen and oxygen atoms in total. The summed E-state index contributed by atoms with van der Waals surface area (Å²) < 4.78 is 5.43. The summed E-state index contributed by atoms with van der Waals surface area (Å²) in [5.41, 5.74) is 6.57. The molecule has 21 heavy (non-hydrogen) atoms. The molecule has 0 radical (unpaired) electrons. The van der Waals surface area contributed by atoms with Crippen molar-refractivity contribution in [2.75, 3.05) is 18.9 Å². The minimum Gasteiger partial charge on any atom is -0.493 e. The van der Waals surface area contributed by atoms with Crippen LogP contribution >= 0.6 is 0 Å². The van der Waals surface area contributed by atoms with Crippen LogP contribution in [0.5, 0.6) is 5.75 Å². The van der Waals surface area contributed by atoms with Crippen LogP contribution in [0.1, 0.15) is 44.0 Å². The van der Waals surface area contributed by atoms with Crippen LogP contribution < -0.4 is 15.8 Å². The lowest BCUT2D eigenvalue weighted by atomic mass is 9.96. The smallest absolute Gasteiger partial charge is 0.257 e. The van der Waals surface area contributed by atoms with Crippen molar-refractivity contribution in [3.8, 4) is 5.75 Å². The van der Waals surface area contributed by atoms with Crippen molar-refractivity contribution in [2.45, 2.75) is 39.7 Å². The minimum absolute atomic E-state index is 0.185. The lowest BCUT2D eigenvalue weighted by Gasteiger charge is -2.21. The van der Waals surface area contributed by atoms with E-state index in [1.807, 2.05) is 20.8 Å². The predicted molar refractivity (Wildman–Crippen MR) is 84.4 cm³/mol. The number of rotatable bonds is 8. The Balaban J connectivity index is 2.76. The summed E-state index contributed by atoms with van der Waals surface area (Å²) in [4.78, 5) is 12.3. The summed E-state index contributed by atoms with van der Waals surface area (Å²) in [5, 5.41) is 12.8. The van der Waals surface area contributed by atoms with Gasteiger partial charge in [0.1, 0.15) is 11.3 Å². The molecule has 118 valence electrons. The summed E-state index contributed by atoms with van der Waals surface area (Å²) in [5.74, 6) is 0.332. The highest BCUT2D eigenvalue weighted by molar-refractivity contribution is 6.01. The molecule has 5 heteroatoms. The fourth-order valence-electron chi connectivity index (χ4n) is 2.35. The van der Waals surface area contributed by atoms with Crippen molar-refractivity contribution in [3.05, 3.63) is 23.8 Å². The molecule has 0 fully saturated rings. The van der Waals surface area contributed by atoms with E-state index in [0.29, 0.717) is 23.6 Å². The van der Waals surface area contributed by atoms with Crippen LogP contribution in [0, 0.1) is 5.92 Å². The van der Waals surface area contributed by atoms with Crippen LogP contribution in [0.15, 0.2) is 18.2 Å². The van der Waals surface area contributed by atoms with E-state index in [1.54, 1.807) is 18.2 Å². The number of aliphatic hydroxyl groups excluding tert-OH is 1. The fraction of sp³-hybridized carbons (Fsp3) is 0.562. The number of aliphatic hydroxyl groups is 1. The number of anilines is 1. The van der Waals surface area contributed by atoms with Gasteiger partial charge in [0, 0.05) is 12.2 Å². The van der Waals surface area contributed by atoms with E-state index in [4.69, 9.17) is 10.5 Å². The van der Waals surface area contributed by atoms with Gasteiger partial charge in [0.15, 0.2) is 0 Å².